The maximum Gasteiger partial charge on any atom is 0.471 e. The Morgan fingerprint density at radius 1 is 1.19 bits per heavy atom. The largest absolute Gasteiger partial charge is 0.497 e. The highest BCUT2D eigenvalue weighted by Gasteiger charge is 2.70. The van der Waals surface area contributed by atoms with Gasteiger partial charge in [0.15, 0.2) is 0 Å². The van der Waals surface area contributed by atoms with Crippen molar-refractivity contribution in [2.75, 3.05) is 13.7 Å². The van der Waals surface area contributed by atoms with Crippen LogP contribution in [0.15, 0.2) is 29.1 Å². The summed E-state index contributed by atoms with van der Waals surface area (Å²) >= 11 is 0. The van der Waals surface area contributed by atoms with Crippen LogP contribution in [0.4, 0.5) is 13.2 Å². The van der Waals surface area contributed by atoms with E-state index in [0.29, 0.717) is 16.7 Å². The lowest BCUT2D eigenvalue weighted by Gasteiger charge is -2.37. The van der Waals surface area contributed by atoms with Crippen LogP contribution < -0.4 is 20.9 Å². The topological polar surface area (TPSA) is 144 Å². The Kier molecular flexibility index (Phi) is 7.82. The number of pyridine rings is 1. The van der Waals surface area contributed by atoms with Crippen molar-refractivity contribution >= 4 is 28.6 Å². The fourth-order valence-electron chi connectivity index (χ4n) is 5.96. The van der Waals surface area contributed by atoms with Gasteiger partial charge in [-0.3, -0.25) is 19.2 Å². The van der Waals surface area contributed by atoms with Crippen LogP contribution in [-0.4, -0.2) is 65.6 Å². The molecule has 10 nitrogen and oxygen atoms in total. The van der Waals surface area contributed by atoms with Gasteiger partial charge in [0.25, 0.3) is 5.56 Å². The molecule has 2 fully saturated rings. The minimum atomic E-state index is -5.19. The molecule has 0 radical (unpaired) electrons. The molecule has 3 N–H and O–H groups in total. The van der Waals surface area contributed by atoms with Crippen molar-refractivity contribution in [3.63, 3.8) is 0 Å². The van der Waals surface area contributed by atoms with Gasteiger partial charge in [-0.15, -0.1) is 0 Å². The number of ether oxygens (including phenoxy) is 1. The predicted octanol–water partition coefficient (Wildman–Crippen LogP) is 2.66. The third-order valence-corrected chi connectivity index (χ3v) is 8.43. The molecule has 2 aliphatic rings. The van der Waals surface area contributed by atoms with E-state index in [2.05, 4.69) is 10.3 Å². The summed E-state index contributed by atoms with van der Waals surface area (Å²) in [6, 6.07) is 4.93. The predicted molar refractivity (Wildman–Crippen MR) is 146 cm³/mol. The molecule has 2 aromatic rings. The first kappa shape index (κ1) is 30.9. The second kappa shape index (κ2) is 10.6. The summed E-state index contributed by atoms with van der Waals surface area (Å²) in [5.41, 5.74) is -1.04. The maximum absolute atomic E-state index is 13.7. The van der Waals surface area contributed by atoms with E-state index in [9.17, 15) is 37.6 Å². The van der Waals surface area contributed by atoms with E-state index in [4.69, 9.17) is 4.74 Å². The third-order valence-electron chi connectivity index (χ3n) is 8.43. The van der Waals surface area contributed by atoms with Crippen molar-refractivity contribution in [1.82, 2.24) is 20.5 Å². The first-order chi connectivity index (χ1) is 19.4. The number of halogens is 3. The number of rotatable bonds is 7. The summed E-state index contributed by atoms with van der Waals surface area (Å²) in [4.78, 5) is 55.8. The van der Waals surface area contributed by atoms with Gasteiger partial charge in [-0.25, -0.2) is 0 Å². The van der Waals surface area contributed by atoms with Crippen LogP contribution in [0.5, 0.6) is 5.75 Å². The smallest absolute Gasteiger partial charge is 0.471 e. The van der Waals surface area contributed by atoms with Crippen molar-refractivity contribution in [2.45, 2.75) is 65.3 Å². The molecule has 1 saturated heterocycles. The highest BCUT2D eigenvalue weighted by Crippen LogP contribution is 2.65. The Balaban J connectivity index is 1.58. The summed E-state index contributed by atoms with van der Waals surface area (Å²) in [5.74, 6) is -3.52. The number of hydrogen-bond acceptors (Lipinski definition) is 6. The number of carbonyl (C=O) groups excluding carboxylic acids is 3. The van der Waals surface area contributed by atoms with Gasteiger partial charge in [0.2, 0.25) is 11.8 Å². The van der Waals surface area contributed by atoms with E-state index in [0.717, 1.165) is 0 Å². The van der Waals surface area contributed by atoms with E-state index in [1.165, 1.54) is 32.8 Å². The van der Waals surface area contributed by atoms with Gasteiger partial charge >= 0.3 is 12.1 Å². The second-order valence-corrected chi connectivity index (χ2v) is 12.6. The Bertz CT molecular complexity index is 1520. The summed E-state index contributed by atoms with van der Waals surface area (Å²) in [6.45, 7) is 8.54. The monoisotopic (exact) mass is 589 g/mol. The standard InChI is InChI=1S/C29H34F3N5O5/c1-27(2,3)22(36-26(41)29(30,31)32)25(40)37-13-18-20(28(18,4)5)21(37)24(39)34-16(12-33)10-15-9-14-11-17(42-6)7-8-19(14)35-23(15)38/h7-9,11,16,18,20-22H,10,13H2,1-6H3,(H,34,39)(H,35,38)(H,36,41)/t16?,18-,20-,21-,22+/m0/s1. The number of carbonyl (C=O) groups is 3. The van der Waals surface area contributed by atoms with E-state index >= 15 is 0 Å². The molecule has 1 unspecified atom stereocenters. The number of nitrogens with zero attached hydrogens (tertiary/aromatic N) is 2. The van der Waals surface area contributed by atoms with Gasteiger partial charge in [-0.05, 0) is 46.9 Å². The number of likely N-dealkylation sites (tertiary alicyclic amines) is 1. The quantitative estimate of drug-likeness (QED) is 0.453. The lowest BCUT2D eigenvalue weighted by molar-refractivity contribution is -0.176. The number of benzene rings is 1. The van der Waals surface area contributed by atoms with Crippen LogP contribution in [0.25, 0.3) is 10.9 Å². The Labute approximate surface area is 240 Å². The number of methoxy groups -OCH3 is 1. The van der Waals surface area contributed by atoms with Gasteiger partial charge in [0, 0.05) is 29.4 Å². The van der Waals surface area contributed by atoms with Crippen molar-refractivity contribution in [2.24, 2.45) is 22.7 Å². The van der Waals surface area contributed by atoms with Crippen LogP contribution >= 0.6 is 0 Å². The van der Waals surface area contributed by atoms with Gasteiger partial charge in [-0.2, -0.15) is 18.4 Å². The highest BCUT2D eigenvalue weighted by molar-refractivity contribution is 5.95. The molecular formula is C29H34F3N5O5. The average molecular weight is 590 g/mol. The number of fused-ring (bicyclic) bond motifs is 2. The van der Waals surface area contributed by atoms with Crippen molar-refractivity contribution in [3.8, 4) is 11.8 Å². The lowest BCUT2D eigenvalue weighted by Crippen LogP contribution is -2.61. The van der Waals surface area contributed by atoms with Crippen LogP contribution in [0.3, 0.4) is 0 Å². The number of aromatic nitrogens is 1. The van der Waals surface area contributed by atoms with Gasteiger partial charge < -0.3 is 25.3 Å². The molecule has 13 heteroatoms. The summed E-state index contributed by atoms with van der Waals surface area (Å²) in [6.07, 6.45) is -5.32. The third kappa shape index (κ3) is 5.80. The maximum atomic E-state index is 13.7. The van der Waals surface area contributed by atoms with Crippen molar-refractivity contribution < 1.29 is 32.3 Å². The normalized spacial score (nSPS) is 22.5. The zero-order valence-electron chi connectivity index (χ0n) is 24.2. The molecule has 5 atom stereocenters. The first-order valence-corrected chi connectivity index (χ1v) is 13.5. The zero-order valence-corrected chi connectivity index (χ0v) is 24.2. The highest BCUT2D eigenvalue weighted by atomic mass is 19.4. The number of amides is 3. The van der Waals surface area contributed by atoms with Gasteiger partial charge in [-0.1, -0.05) is 34.6 Å². The summed E-state index contributed by atoms with van der Waals surface area (Å²) in [7, 11) is 1.51. The number of alkyl halides is 3. The first-order valence-electron chi connectivity index (χ1n) is 13.5. The van der Waals surface area contributed by atoms with Gasteiger partial charge in [0.05, 0.1) is 13.2 Å². The van der Waals surface area contributed by atoms with Crippen LogP contribution in [-0.2, 0) is 20.8 Å². The van der Waals surface area contributed by atoms with E-state index in [1.807, 2.05) is 25.2 Å². The van der Waals surface area contributed by atoms with Crippen LogP contribution in [0.2, 0.25) is 0 Å². The number of aromatic amines is 1. The molecule has 0 bridgehead atoms. The Morgan fingerprint density at radius 3 is 2.43 bits per heavy atom. The number of nitrogens with one attached hydrogen (secondary N) is 3. The Hall–Kier alpha value is -4.08. The fraction of sp³-hybridized carbons (Fsp3) is 0.552. The Morgan fingerprint density at radius 2 is 1.86 bits per heavy atom. The van der Waals surface area contributed by atoms with Crippen LogP contribution in [0.1, 0.15) is 40.2 Å². The summed E-state index contributed by atoms with van der Waals surface area (Å²) < 4.78 is 44.4. The SMILES string of the molecule is COc1ccc2[nH]c(=O)c(CC(C#N)NC(=O)[C@@H]3[C@@H]4[C@H](CN3C(=O)[C@@H](NC(=O)C(F)(F)F)C(C)(C)C)C4(C)C)cc2c1. The molecule has 0 spiro atoms. The molecule has 1 aromatic heterocycles. The molecule has 226 valence electrons. The van der Waals surface area contributed by atoms with E-state index in [1.54, 1.807) is 24.3 Å². The molecular weight excluding hydrogens is 555 g/mol. The van der Waals surface area contributed by atoms with Gasteiger partial charge in [0.1, 0.15) is 23.9 Å². The number of nitriles is 1. The number of hydrogen-bond donors (Lipinski definition) is 3. The van der Waals surface area contributed by atoms with E-state index in [-0.39, 0.29) is 35.8 Å². The van der Waals surface area contributed by atoms with Crippen molar-refractivity contribution in [1.29, 1.82) is 5.26 Å². The van der Waals surface area contributed by atoms with Crippen molar-refractivity contribution in [3.05, 3.63) is 40.2 Å². The second-order valence-electron chi connectivity index (χ2n) is 12.6. The number of H-pyrrole nitrogens is 1. The number of piperidine rings is 1. The molecule has 42 heavy (non-hydrogen) atoms. The van der Waals surface area contributed by atoms with Crippen LogP contribution in [0, 0.1) is 34.0 Å². The molecule has 1 aliphatic heterocycles. The molecule has 3 amide bonds. The molecule has 1 aromatic carbocycles. The average Bonchev–Trinajstić information content (AvgIpc) is 3.22. The molecule has 4 rings (SSSR count). The molecule has 2 heterocycles. The minimum absolute atomic E-state index is 0.0880. The summed E-state index contributed by atoms with van der Waals surface area (Å²) in [5, 5.41) is 15.0. The molecule has 1 saturated carbocycles. The fourth-order valence-corrected chi connectivity index (χ4v) is 5.96. The minimum Gasteiger partial charge on any atom is -0.497 e. The van der Waals surface area contributed by atoms with E-state index < -0.39 is 53.0 Å². The zero-order chi connectivity index (χ0) is 31.4. The lowest BCUT2D eigenvalue weighted by atomic mass is 9.85. The molecule has 1 aliphatic carbocycles.